The normalized spacial score (nSPS) is 16.9. The summed E-state index contributed by atoms with van der Waals surface area (Å²) in [6, 6.07) is 7.32. The Labute approximate surface area is 159 Å². The zero-order chi connectivity index (χ0) is 18.9. The summed E-state index contributed by atoms with van der Waals surface area (Å²) in [6.07, 6.45) is 0.664. The van der Waals surface area contributed by atoms with Gasteiger partial charge in [0.25, 0.3) is 0 Å². The van der Waals surface area contributed by atoms with Crippen molar-refractivity contribution in [1.29, 1.82) is 0 Å². The molecule has 0 radical (unpaired) electrons. The van der Waals surface area contributed by atoms with Crippen LogP contribution in [0.4, 0.5) is 4.79 Å². The number of nitrogens with one attached hydrogen (secondary N) is 2. The number of carbonyl (C=O) groups is 1. The van der Waals surface area contributed by atoms with Crippen molar-refractivity contribution < 1.29 is 14.6 Å². The van der Waals surface area contributed by atoms with Gasteiger partial charge >= 0.3 is 6.09 Å². The second kappa shape index (κ2) is 10.2. The molecule has 0 aromatic heterocycles. The van der Waals surface area contributed by atoms with Gasteiger partial charge in [-0.3, -0.25) is 4.99 Å². The highest BCUT2D eigenvalue weighted by Crippen LogP contribution is 2.17. The van der Waals surface area contributed by atoms with Crippen molar-refractivity contribution in [2.45, 2.75) is 31.9 Å². The van der Waals surface area contributed by atoms with Crippen LogP contribution in [0.1, 0.15) is 31.4 Å². The summed E-state index contributed by atoms with van der Waals surface area (Å²) in [5.74, 6) is 0.664. The first-order valence-electron chi connectivity index (χ1n) is 8.84. The monoisotopic (exact) mass is 382 g/mol. The SMILES string of the molecule is CCNC(=NCC(O)c1ccc(Cl)cc1)NC1CCN(C(=O)OC)CC1. The maximum absolute atomic E-state index is 11.5. The van der Waals surface area contributed by atoms with Crippen LogP contribution in [0.15, 0.2) is 29.3 Å². The summed E-state index contributed by atoms with van der Waals surface area (Å²) in [6.45, 7) is 4.27. The van der Waals surface area contributed by atoms with E-state index in [9.17, 15) is 9.90 Å². The molecule has 26 heavy (non-hydrogen) atoms. The highest BCUT2D eigenvalue weighted by molar-refractivity contribution is 6.30. The molecule has 1 amide bonds. The fourth-order valence-electron chi connectivity index (χ4n) is 2.82. The second-order valence-electron chi connectivity index (χ2n) is 6.16. The summed E-state index contributed by atoms with van der Waals surface area (Å²) in [7, 11) is 1.40. The molecule has 0 spiro atoms. The lowest BCUT2D eigenvalue weighted by molar-refractivity contribution is 0.111. The minimum atomic E-state index is -0.691. The molecule has 8 heteroatoms. The van der Waals surface area contributed by atoms with E-state index >= 15 is 0 Å². The van der Waals surface area contributed by atoms with Gasteiger partial charge in [-0.25, -0.2) is 4.79 Å². The molecule has 1 saturated heterocycles. The topological polar surface area (TPSA) is 86.2 Å². The number of piperidine rings is 1. The average Bonchev–Trinajstić information content (AvgIpc) is 2.66. The van der Waals surface area contributed by atoms with Gasteiger partial charge < -0.3 is 25.4 Å². The number of aliphatic imine (C=N–C) groups is 1. The molecule has 1 fully saturated rings. The van der Waals surface area contributed by atoms with E-state index in [1.54, 1.807) is 29.2 Å². The summed E-state index contributed by atoms with van der Waals surface area (Å²) < 4.78 is 4.75. The molecule has 1 aromatic rings. The predicted molar refractivity (Wildman–Crippen MR) is 103 cm³/mol. The highest BCUT2D eigenvalue weighted by Gasteiger charge is 2.23. The number of aliphatic hydroxyl groups excluding tert-OH is 1. The van der Waals surface area contributed by atoms with Gasteiger partial charge in [-0.1, -0.05) is 23.7 Å². The van der Waals surface area contributed by atoms with Crippen LogP contribution in [0.3, 0.4) is 0 Å². The third-order valence-corrected chi connectivity index (χ3v) is 4.54. The number of likely N-dealkylation sites (tertiary alicyclic amines) is 1. The molecule has 0 aliphatic carbocycles. The van der Waals surface area contributed by atoms with Crippen LogP contribution in [0.25, 0.3) is 0 Å². The molecule has 0 bridgehead atoms. The lowest BCUT2D eigenvalue weighted by atomic mass is 10.1. The Bertz CT molecular complexity index is 601. The van der Waals surface area contributed by atoms with Crippen LogP contribution < -0.4 is 10.6 Å². The summed E-state index contributed by atoms with van der Waals surface area (Å²) in [5, 5.41) is 17.5. The van der Waals surface area contributed by atoms with E-state index in [0.717, 1.165) is 24.9 Å². The van der Waals surface area contributed by atoms with Gasteiger partial charge in [-0.2, -0.15) is 0 Å². The third-order valence-electron chi connectivity index (χ3n) is 4.29. The standard InChI is InChI=1S/C18H27ClN4O3/c1-3-20-17(21-12-16(24)13-4-6-14(19)7-5-13)22-15-8-10-23(11-9-15)18(25)26-2/h4-7,15-16,24H,3,8-12H2,1-2H3,(H2,20,21,22). The first-order chi connectivity index (χ1) is 12.5. The summed E-state index contributed by atoms with van der Waals surface area (Å²) in [4.78, 5) is 17.7. The van der Waals surface area contributed by atoms with Crippen molar-refractivity contribution in [3.05, 3.63) is 34.9 Å². The van der Waals surface area contributed by atoms with Gasteiger partial charge in [-0.15, -0.1) is 0 Å². The Morgan fingerprint density at radius 2 is 2.04 bits per heavy atom. The number of nitrogens with zero attached hydrogens (tertiary/aromatic N) is 2. The maximum Gasteiger partial charge on any atom is 0.409 e. The molecule has 1 heterocycles. The number of amides is 1. The summed E-state index contributed by atoms with van der Waals surface area (Å²) in [5.41, 5.74) is 0.778. The van der Waals surface area contributed by atoms with Gasteiger partial charge in [0, 0.05) is 30.7 Å². The molecule has 1 atom stereocenters. The van der Waals surface area contributed by atoms with Crippen LogP contribution in [-0.4, -0.2) is 61.4 Å². The lowest BCUT2D eigenvalue weighted by Gasteiger charge is -2.32. The van der Waals surface area contributed by atoms with Crippen LogP contribution in [0.2, 0.25) is 5.02 Å². The lowest BCUT2D eigenvalue weighted by Crippen LogP contribution is -2.49. The van der Waals surface area contributed by atoms with Crippen LogP contribution in [-0.2, 0) is 4.74 Å². The van der Waals surface area contributed by atoms with Crippen LogP contribution >= 0.6 is 11.6 Å². The maximum atomic E-state index is 11.5. The van der Waals surface area contributed by atoms with E-state index in [1.807, 2.05) is 6.92 Å². The minimum Gasteiger partial charge on any atom is -0.453 e. The Hall–Kier alpha value is -1.99. The predicted octanol–water partition coefficient (Wildman–Crippen LogP) is 2.16. The zero-order valence-corrected chi connectivity index (χ0v) is 16.0. The first kappa shape index (κ1) is 20.3. The number of guanidine groups is 1. The van der Waals surface area contributed by atoms with E-state index in [0.29, 0.717) is 24.1 Å². The highest BCUT2D eigenvalue weighted by atomic mass is 35.5. The molecule has 144 valence electrons. The van der Waals surface area contributed by atoms with E-state index in [-0.39, 0.29) is 18.7 Å². The van der Waals surface area contributed by atoms with Crippen molar-refractivity contribution in [3.63, 3.8) is 0 Å². The number of carbonyl (C=O) groups excluding carboxylic acids is 1. The molecule has 0 saturated carbocycles. The molecular weight excluding hydrogens is 356 g/mol. The molecule has 7 nitrogen and oxygen atoms in total. The molecule has 3 N–H and O–H groups in total. The third kappa shape index (κ3) is 6.07. The molecule has 1 aliphatic heterocycles. The van der Waals surface area contributed by atoms with Crippen molar-refractivity contribution in [3.8, 4) is 0 Å². The number of hydrogen-bond acceptors (Lipinski definition) is 4. The van der Waals surface area contributed by atoms with Gasteiger partial charge in [0.1, 0.15) is 0 Å². The summed E-state index contributed by atoms with van der Waals surface area (Å²) >= 11 is 5.87. The van der Waals surface area contributed by atoms with E-state index < -0.39 is 6.10 Å². The van der Waals surface area contributed by atoms with Gasteiger partial charge in [-0.05, 0) is 37.5 Å². The number of rotatable bonds is 5. The molecular formula is C18H27ClN4O3. The average molecular weight is 383 g/mol. The van der Waals surface area contributed by atoms with Gasteiger partial charge in [0.2, 0.25) is 0 Å². The zero-order valence-electron chi connectivity index (χ0n) is 15.2. The van der Waals surface area contributed by atoms with Crippen molar-refractivity contribution in [2.24, 2.45) is 4.99 Å². The van der Waals surface area contributed by atoms with Gasteiger partial charge in [0.15, 0.2) is 5.96 Å². The number of aliphatic hydroxyl groups is 1. The largest absolute Gasteiger partial charge is 0.453 e. The van der Waals surface area contributed by atoms with Crippen molar-refractivity contribution in [2.75, 3.05) is 33.3 Å². The van der Waals surface area contributed by atoms with E-state index in [1.165, 1.54) is 7.11 Å². The number of methoxy groups -OCH3 is 1. The second-order valence-corrected chi connectivity index (χ2v) is 6.60. The van der Waals surface area contributed by atoms with Crippen LogP contribution in [0, 0.1) is 0 Å². The molecule has 2 rings (SSSR count). The fourth-order valence-corrected chi connectivity index (χ4v) is 2.94. The molecule has 1 aliphatic rings. The van der Waals surface area contributed by atoms with E-state index in [2.05, 4.69) is 15.6 Å². The number of benzene rings is 1. The van der Waals surface area contributed by atoms with Crippen LogP contribution in [0.5, 0.6) is 0 Å². The minimum absolute atomic E-state index is 0.224. The quantitative estimate of drug-likeness (QED) is 0.536. The molecule has 1 unspecified atom stereocenters. The smallest absolute Gasteiger partial charge is 0.409 e. The first-order valence-corrected chi connectivity index (χ1v) is 9.22. The van der Waals surface area contributed by atoms with Crippen molar-refractivity contribution in [1.82, 2.24) is 15.5 Å². The van der Waals surface area contributed by atoms with Gasteiger partial charge in [0.05, 0.1) is 19.8 Å². The number of ether oxygens (including phenoxy) is 1. The van der Waals surface area contributed by atoms with Crippen molar-refractivity contribution >= 4 is 23.7 Å². The Balaban J connectivity index is 1.88. The molecule has 1 aromatic carbocycles. The Kier molecular flexibility index (Phi) is 8.00. The Morgan fingerprint density at radius 1 is 1.38 bits per heavy atom. The Morgan fingerprint density at radius 3 is 2.62 bits per heavy atom. The number of hydrogen-bond donors (Lipinski definition) is 3. The number of halogens is 1. The van der Waals surface area contributed by atoms with E-state index in [4.69, 9.17) is 16.3 Å². The fraction of sp³-hybridized carbons (Fsp3) is 0.556.